The third kappa shape index (κ3) is 5.52. The summed E-state index contributed by atoms with van der Waals surface area (Å²) in [7, 11) is 0. The Hall–Kier alpha value is -1.80. The van der Waals surface area contributed by atoms with Crippen LogP contribution in [0.5, 0.6) is 0 Å². The van der Waals surface area contributed by atoms with Gasteiger partial charge in [-0.15, -0.1) is 11.3 Å². The molecule has 2 unspecified atom stereocenters. The molecule has 3 fully saturated rings. The largest absolute Gasteiger partial charge is 0.381 e. The fraction of sp³-hybridized carbons (Fsp3) is 0.739. The van der Waals surface area contributed by atoms with Gasteiger partial charge in [0.2, 0.25) is 0 Å². The SMILES string of the molecule is O=C(NCCCNC(=O)N1CCCC2CCCCC21)NC1(c2cccs2)CCOCC1. The van der Waals surface area contributed by atoms with Gasteiger partial charge in [-0.05, 0) is 62.3 Å². The van der Waals surface area contributed by atoms with Crippen molar-refractivity contribution in [2.24, 2.45) is 5.92 Å². The van der Waals surface area contributed by atoms with Gasteiger partial charge in [0.05, 0.1) is 5.54 Å². The molecule has 2 aliphatic heterocycles. The monoisotopic (exact) mass is 448 g/mol. The summed E-state index contributed by atoms with van der Waals surface area (Å²) in [6.07, 6.45) is 9.65. The minimum Gasteiger partial charge on any atom is -0.381 e. The van der Waals surface area contributed by atoms with Gasteiger partial charge >= 0.3 is 12.1 Å². The summed E-state index contributed by atoms with van der Waals surface area (Å²) in [6.45, 7) is 3.30. The molecule has 0 radical (unpaired) electrons. The van der Waals surface area contributed by atoms with Crippen molar-refractivity contribution in [1.82, 2.24) is 20.9 Å². The van der Waals surface area contributed by atoms with Gasteiger partial charge in [0.15, 0.2) is 0 Å². The van der Waals surface area contributed by atoms with Crippen molar-refractivity contribution < 1.29 is 14.3 Å². The number of hydrogen-bond donors (Lipinski definition) is 3. The van der Waals surface area contributed by atoms with Crippen molar-refractivity contribution in [1.29, 1.82) is 0 Å². The Morgan fingerprint density at radius 3 is 2.68 bits per heavy atom. The molecule has 4 amide bonds. The second kappa shape index (κ2) is 10.7. The molecular formula is C23H36N4O3S. The van der Waals surface area contributed by atoms with Crippen LogP contribution in [0.4, 0.5) is 9.59 Å². The maximum absolute atomic E-state index is 12.7. The van der Waals surface area contributed by atoms with Gasteiger partial charge < -0.3 is 25.6 Å². The highest BCUT2D eigenvalue weighted by atomic mass is 32.1. The van der Waals surface area contributed by atoms with Gasteiger partial charge in [-0.1, -0.05) is 18.9 Å². The van der Waals surface area contributed by atoms with Crippen LogP contribution in [-0.4, -0.2) is 55.9 Å². The van der Waals surface area contributed by atoms with Crippen LogP contribution in [0.15, 0.2) is 17.5 Å². The zero-order valence-electron chi connectivity index (χ0n) is 18.4. The maximum Gasteiger partial charge on any atom is 0.317 e. The average Bonchev–Trinajstić information content (AvgIpc) is 3.35. The van der Waals surface area contributed by atoms with Crippen molar-refractivity contribution in [2.45, 2.75) is 69.4 Å². The molecule has 0 aromatic carbocycles. The highest BCUT2D eigenvalue weighted by Gasteiger charge is 2.37. The summed E-state index contributed by atoms with van der Waals surface area (Å²) >= 11 is 1.68. The Bertz CT molecular complexity index is 718. The number of ether oxygens (including phenoxy) is 1. The van der Waals surface area contributed by atoms with Gasteiger partial charge in [0.25, 0.3) is 0 Å². The highest BCUT2D eigenvalue weighted by molar-refractivity contribution is 7.10. The van der Waals surface area contributed by atoms with Crippen LogP contribution in [0.25, 0.3) is 0 Å². The molecular weight excluding hydrogens is 412 g/mol. The molecule has 1 aromatic rings. The van der Waals surface area contributed by atoms with E-state index in [-0.39, 0.29) is 17.6 Å². The van der Waals surface area contributed by atoms with Crippen LogP contribution in [0.3, 0.4) is 0 Å². The van der Waals surface area contributed by atoms with Crippen LogP contribution in [-0.2, 0) is 10.3 Å². The number of rotatable bonds is 6. The number of piperidine rings is 1. The van der Waals surface area contributed by atoms with Crippen LogP contribution < -0.4 is 16.0 Å². The highest BCUT2D eigenvalue weighted by Crippen LogP contribution is 2.36. The normalized spacial score (nSPS) is 25.4. The van der Waals surface area contributed by atoms with Crippen molar-refractivity contribution in [2.75, 3.05) is 32.8 Å². The smallest absolute Gasteiger partial charge is 0.317 e. The molecule has 3 aliphatic rings. The summed E-state index contributed by atoms with van der Waals surface area (Å²) in [5.74, 6) is 0.694. The number of likely N-dealkylation sites (tertiary alicyclic amines) is 1. The van der Waals surface area contributed by atoms with E-state index in [1.165, 1.54) is 30.6 Å². The van der Waals surface area contributed by atoms with Gasteiger partial charge in [0.1, 0.15) is 0 Å². The number of fused-ring (bicyclic) bond motifs is 1. The quantitative estimate of drug-likeness (QED) is 0.579. The Kier molecular flexibility index (Phi) is 7.72. The van der Waals surface area contributed by atoms with Crippen LogP contribution >= 0.6 is 11.3 Å². The average molecular weight is 449 g/mol. The first-order valence-corrected chi connectivity index (χ1v) is 12.8. The molecule has 1 aliphatic carbocycles. The van der Waals surface area contributed by atoms with E-state index >= 15 is 0 Å². The number of carbonyl (C=O) groups excluding carboxylic acids is 2. The molecule has 2 saturated heterocycles. The molecule has 2 atom stereocenters. The first-order valence-electron chi connectivity index (χ1n) is 11.9. The number of nitrogens with one attached hydrogen (secondary N) is 3. The number of thiophene rings is 1. The van der Waals surface area contributed by atoms with E-state index in [4.69, 9.17) is 4.74 Å². The third-order valence-corrected chi connectivity index (χ3v) is 8.19. The van der Waals surface area contributed by atoms with E-state index in [9.17, 15) is 9.59 Å². The molecule has 4 rings (SSSR count). The summed E-state index contributed by atoms with van der Waals surface area (Å²) in [4.78, 5) is 28.5. The molecule has 3 heterocycles. The lowest BCUT2D eigenvalue weighted by Gasteiger charge is -2.44. The van der Waals surface area contributed by atoms with E-state index in [1.807, 2.05) is 11.4 Å². The molecule has 0 spiro atoms. The fourth-order valence-corrected chi connectivity index (χ4v) is 6.37. The maximum atomic E-state index is 12.7. The summed E-state index contributed by atoms with van der Waals surface area (Å²) in [5.41, 5.74) is -0.338. The first-order chi connectivity index (χ1) is 15.2. The van der Waals surface area contributed by atoms with Crippen molar-refractivity contribution >= 4 is 23.4 Å². The van der Waals surface area contributed by atoms with Crippen LogP contribution in [0.1, 0.15) is 62.7 Å². The lowest BCUT2D eigenvalue weighted by Crippen LogP contribution is -2.53. The minimum absolute atomic E-state index is 0.0694. The van der Waals surface area contributed by atoms with Gasteiger partial charge in [-0.2, -0.15) is 0 Å². The topological polar surface area (TPSA) is 82.7 Å². The van der Waals surface area contributed by atoms with Crippen molar-refractivity contribution in [3.63, 3.8) is 0 Å². The molecule has 1 aromatic heterocycles. The Morgan fingerprint density at radius 2 is 1.87 bits per heavy atom. The number of carbonyl (C=O) groups is 2. The molecule has 1 saturated carbocycles. The lowest BCUT2D eigenvalue weighted by molar-refractivity contribution is 0.0423. The molecule has 0 bridgehead atoms. The Balaban J connectivity index is 1.17. The lowest BCUT2D eigenvalue weighted by atomic mass is 9.78. The zero-order valence-corrected chi connectivity index (χ0v) is 19.2. The predicted molar refractivity (Wildman–Crippen MR) is 122 cm³/mol. The molecule has 31 heavy (non-hydrogen) atoms. The molecule has 3 N–H and O–H groups in total. The predicted octanol–water partition coefficient (Wildman–Crippen LogP) is 3.81. The third-order valence-electron chi connectivity index (χ3n) is 7.11. The summed E-state index contributed by atoms with van der Waals surface area (Å²) < 4.78 is 5.51. The standard InChI is InChI=1S/C23H36N4O3S/c28-21(26-23(10-15-30-16-11-23)20-9-4-17-31-20)24-12-5-13-25-22(29)27-14-3-7-18-6-1-2-8-19(18)27/h4,9,17-19H,1-3,5-8,10-16H2,(H,25,29)(H2,24,26,28). The van der Waals surface area contributed by atoms with Gasteiger partial charge in [-0.3, -0.25) is 0 Å². The van der Waals surface area contributed by atoms with E-state index in [1.54, 1.807) is 11.3 Å². The Labute approximate surface area is 189 Å². The second-order valence-electron chi connectivity index (χ2n) is 9.09. The fourth-order valence-electron chi connectivity index (χ4n) is 5.43. The molecule has 8 heteroatoms. The second-order valence-corrected chi connectivity index (χ2v) is 10.0. The summed E-state index contributed by atoms with van der Waals surface area (Å²) in [6, 6.07) is 4.46. The van der Waals surface area contributed by atoms with E-state index in [0.717, 1.165) is 38.6 Å². The summed E-state index contributed by atoms with van der Waals surface area (Å²) in [5, 5.41) is 11.3. The van der Waals surface area contributed by atoms with Crippen LogP contribution in [0.2, 0.25) is 0 Å². The van der Waals surface area contributed by atoms with Gasteiger partial charge in [-0.25, -0.2) is 9.59 Å². The number of nitrogens with zero attached hydrogens (tertiary/aromatic N) is 1. The van der Waals surface area contributed by atoms with Gasteiger partial charge in [0, 0.05) is 43.8 Å². The number of amides is 4. The van der Waals surface area contributed by atoms with Crippen molar-refractivity contribution in [3.05, 3.63) is 22.4 Å². The minimum atomic E-state index is -0.338. The number of urea groups is 2. The molecule has 7 nitrogen and oxygen atoms in total. The zero-order chi connectivity index (χ0) is 21.5. The van der Waals surface area contributed by atoms with Crippen molar-refractivity contribution in [3.8, 4) is 0 Å². The molecule has 172 valence electrons. The Morgan fingerprint density at radius 1 is 1.10 bits per heavy atom. The number of hydrogen-bond acceptors (Lipinski definition) is 4. The van der Waals surface area contributed by atoms with Crippen LogP contribution in [0, 0.1) is 5.92 Å². The van der Waals surface area contributed by atoms with E-state index < -0.39 is 0 Å². The van der Waals surface area contributed by atoms with E-state index in [0.29, 0.717) is 38.3 Å². The van der Waals surface area contributed by atoms with E-state index in [2.05, 4.69) is 26.9 Å². The first kappa shape index (κ1) is 22.4.